The van der Waals surface area contributed by atoms with Gasteiger partial charge in [0.05, 0.1) is 5.60 Å². The molecule has 106 valence electrons. The van der Waals surface area contributed by atoms with Crippen LogP contribution in [0.2, 0.25) is 5.02 Å². The topological polar surface area (TPSA) is 49.5 Å². The van der Waals surface area contributed by atoms with Crippen LogP contribution in [0, 0.1) is 0 Å². The third-order valence-electron chi connectivity index (χ3n) is 4.00. The van der Waals surface area contributed by atoms with Gasteiger partial charge in [0.15, 0.2) is 0 Å². The van der Waals surface area contributed by atoms with Crippen molar-refractivity contribution in [2.24, 2.45) is 5.73 Å². The van der Waals surface area contributed by atoms with E-state index in [9.17, 15) is 5.11 Å². The van der Waals surface area contributed by atoms with Crippen molar-refractivity contribution in [3.63, 3.8) is 0 Å². The molecule has 3 N–H and O–H groups in total. The molecule has 3 nitrogen and oxygen atoms in total. The minimum atomic E-state index is -0.539. The fourth-order valence-corrected chi connectivity index (χ4v) is 3.00. The predicted molar refractivity (Wildman–Crippen MR) is 79.3 cm³/mol. The number of hydrogen-bond acceptors (Lipinski definition) is 3. The van der Waals surface area contributed by atoms with Crippen LogP contribution in [0.3, 0.4) is 0 Å². The van der Waals surface area contributed by atoms with Gasteiger partial charge in [0.2, 0.25) is 0 Å². The lowest BCUT2D eigenvalue weighted by Crippen LogP contribution is -2.35. The zero-order valence-corrected chi connectivity index (χ0v) is 12.2. The highest BCUT2D eigenvalue weighted by Crippen LogP contribution is 2.28. The highest BCUT2D eigenvalue weighted by atomic mass is 35.5. The summed E-state index contributed by atoms with van der Waals surface area (Å²) >= 11 is 6.06. The minimum Gasteiger partial charge on any atom is -0.390 e. The molecule has 4 heteroatoms. The maximum absolute atomic E-state index is 10.2. The molecule has 0 bridgehead atoms. The minimum absolute atomic E-state index is 0.188. The SMILES string of the molecule is CC1(O)CCCN(C(CN)c2cccc(Cl)c2)CC1. The highest BCUT2D eigenvalue weighted by molar-refractivity contribution is 6.30. The van der Waals surface area contributed by atoms with Gasteiger partial charge in [0, 0.05) is 24.2 Å². The molecule has 1 fully saturated rings. The monoisotopic (exact) mass is 282 g/mol. The summed E-state index contributed by atoms with van der Waals surface area (Å²) in [6.45, 7) is 4.35. The van der Waals surface area contributed by atoms with E-state index in [0.717, 1.165) is 42.9 Å². The van der Waals surface area contributed by atoms with Crippen LogP contribution in [-0.2, 0) is 0 Å². The third kappa shape index (κ3) is 3.93. The summed E-state index contributed by atoms with van der Waals surface area (Å²) in [7, 11) is 0. The van der Waals surface area contributed by atoms with Gasteiger partial charge < -0.3 is 10.8 Å². The van der Waals surface area contributed by atoms with Crippen molar-refractivity contribution in [1.82, 2.24) is 4.90 Å². The van der Waals surface area contributed by atoms with Gasteiger partial charge in [-0.25, -0.2) is 0 Å². The number of nitrogens with zero attached hydrogens (tertiary/aromatic N) is 1. The summed E-state index contributed by atoms with van der Waals surface area (Å²) in [5, 5.41) is 10.9. The molecule has 2 atom stereocenters. The summed E-state index contributed by atoms with van der Waals surface area (Å²) < 4.78 is 0. The highest BCUT2D eigenvalue weighted by Gasteiger charge is 2.28. The van der Waals surface area contributed by atoms with E-state index >= 15 is 0 Å². The van der Waals surface area contributed by atoms with E-state index in [4.69, 9.17) is 17.3 Å². The van der Waals surface area contributed by atoms with Crippen LogP contribution in [0.5, 0.6) is 0 Å². The van der Waals surface area contributed by atoms with Crippen molar-refractivity contribution in [1.29, 1.82) is 0 Å². The Bertz CT molecular complexity index is 422. The zero-order valence-electron chi connectivity index (χ0n) is 11.5. The van der Waals surface area contributed by atoms with Gasteiger partial charge in [-0.05, 0) is 50.4 Å². The van der Waals surface area contributed by atoms with Crippen LogP contribution in [0.25, 0.3) is 0 Å². The molecule has 0 aromatic heterocycles. The Labute approximate surface area is 120 Å². The summed E-state index contributed by atoms with van der Waals surface area (Å²) in [4.78, 5) is 2.37. The first-order chi connectivity index (χ1) is 9.02. The summed E-state index contributed by atoms with van der Waals surface area (Å²) in [5.74, 6) is 0. The number of aliphatic hydroxyl groups is 1. The first-order valence-electron chi connectivity index (χ1n) is 6.94. The zero-order chi connectivity index (χ0) is 13.9. The quantitative estimate of drug-likeness (QED) is 0.896. The molecule has 0 amide bonds. The maximum atomic E-state index is 10.2. The average Bonchev–Trinajstić information content (AvgIpc) is 2.52. The second-order valence-electron chi connectivity index (χ2n) is 5.69. The molecular weight excluding hydrogens is 260 g/mol. The van der Waals surface area contributed by atoms with Gasteiger partial charge in [-0.3, -0.25) is 4.90 Å². The molecule has 0 radical (unpaired) electrons. The molecule has 19 heavy (non-hydrogen) atoms. The molecule has 0 spiro atoms. The van der Waals surface area contributed by atoms with Gasteiger partial charge in [0.25, 0.3) is 0 Å². The van der Waals surface area contributed by atoms with E-state index in [-0.39, 0.29) is 6.04 Å². The Morgan fingerprint density at radius 3 is 2.89 bits per heavy atom. The van der Waals surface area contributed by atoms with Gasteiger partial charge in [0.1, 0.15) is 0 Å². The van der Waals surface area contributed by atoms with E-state index in [1.54, 1.807) is 0 Å². The molecule has 1 aromatic carbocycles. The van der Waals surface area contributed by atoms with Crippen molar-refractivity contribution >= 4 is 11.6 Å². The number of halogens is 1. The third-order valence-corrected chi connectivity index (χ3v) is 4.23. The lowest BCUT2D eigenvalue weighted by atomic mass is 9.98. The maximum Gasteiger partial charge on any atom is 0.0632 e. The molecule has 1 aliphatic heterocycles. The Balaban J connectivity index is 2.13. The van der Waals surface area contributed by atoms with Crippen molar-refractivity contribution in [2.75, 3.05) is 19.6 Å². The van der Waals surface area contributed by atoms with Gasteiger partial charge in [-0.2, -0.15) is 0 Å². The Morgan fingerprint density at radius 1 is 1.42 bits per heavy atom. The second-order valence-corrected chi connectivity index (χ2v) is 6.13. The van der Waals surface area contributed by atoms with E-state index in [1.165, 1.54) is 0 Å². The van der Waals surface area contributed by atoms with E-state index < -0.39 is 5.60 Å². The van der Waals surface area contributed by atoms with Gasteiger partial charge >= 0.3 is 0 Å². The molecule has 0 saturated carbocycles. The fourth-order valence-electron chi connectivity index (χ4n) is 2.81. The van der Waals surface area contributed by atoms with E-state index in [2.05, 4.69) is 11.0 Å². The number of benzene rings is 1. The standard InChI is InChI=1S/C15H23ClN2O/c1-15(19)6-3-8-18(9-7-15)14(11-17)12-4-2-5-13(16)10-12/h2,4-5,10,14,19H,3,6-9,11,17H2,1H3. The fraction of sp³-hybridized carbons (Fsp3) is 0.600. The first-order valence-corrected chi connectivity index (χ1v) is 7.31. The van der Waals surface area contributed by atoms with Crippen molar-refractivity contribution in [3.05, 3.63) is 34.9 Å². The van der Waals surface area contributed by atoms with Crippen molar-refractivity contribution in [2.45, 2.75) is 37.8 Å². The van der Waals surface area contributed by atoms with Gasteiger partial charge in [-0.1, -0.05) is 23.7 Å². The largest absolute Gasteiger partial charge is 0.390 e. The van der Waals surface area contributed by atoms with Crippen LogP contribution in [0.4, 0.5) is 0 Å². The van der Waals surface area contributed by atoms with Crippen LogP contribution in [-0.4, -0.2) is 35.2 Å². The molecule has 1 aliphatic rings. The van der Waals surface area contributed by atoms with Crippen LogP contribution in [0.15, 0.2) is 24.3 Å². The molecule has 2 rings (SSSR count). The van der Waals surface area contributed by atoms with E-state index in [0.29, 0.717) is 6.54 Å². The Kier molecular flexibility index (Phi) is 4.85. The lowest BCUT2D eigenvalue weighted by Gasteiger charge is -2.30. The van der Waals surface area contributed by atoms with Crippen LogP contribution < -0.4 is 5.73 Å². The smallest absolute Gasteiger partial charge is 0.0632 e. The average molecular weight is 283 g/mol. The molecular formula is C15H23ClN2O. The van der Waals surface area contributed by atoms with Crippen LogP contribution >= 0.6 is 11.6 Å². The summed E-state index contributed by atoms with van der Waals surface area (Å²) in [6, 6.07) is 8.10. The molecule has 1 heterocycles. The second kappa shape index (κ2) is 6.23. The number of hydrogen-bond donors (Lipinski definition) is 2. The van der Waals surface area contributed by atoms with Gasteiger partial charge in [-0.15, -0.1) is 0 Å². The molecule has 2 unspecified atom stereocenters. The number of rotatable bonds is 3. The summed E-state index contributed by atoms with van der Waals surface area (Å²) in [5.41, 5.74) is 6.58. The normalized spacial score (nSPS) is 26.9. The Hall–Kier alpha value is -0.610. The van der Waals surface area contributed by atoms with Crippen molar-refractivity contribution < 1.29 is 5.11 Å². The summed E-state index contributed by atoms with van der Waals surface area (Å²) in [6.07, 6.45) is 2.66. The Morgan fingerprint density at radius 2 is 2.21 bits per heavy atom. The predicted octanol–water partition coefficient (Wildman–Crippen LogP) is 2.58. The first kappa shape index (κ1) is 14.8. The molecule has 1 saturated heterocycles. The lowest BCUT2D eigenvalue weighted by molar-refractivity contribution is 0.0431. The molecule has 0 aliphatic carbocycles. The molecule has 1 aromatic rings. The van der Waals surface area contributed by atoms with Crippen LogP contribution in [0.1, 0.15) is 37.8 Å². The number of likely N-dealkylation sites (tertiary alicyclic amines) is 1. The van der Waals surface area contributed by atoms with Crippen molar-refractivity contribution in [3.8, 4) is 0 Å². The number of nitrogens with two attached hydrogens (primary N) is 1. The van der Waals surface area contributed by atoms with E-state index in [1.807, 2.05) is 25.1 Å².